The number of carbonyl (C=O) groups is 1. The van der Waals surface area contributed by atoms with Gasteiger partial charge < -0.3 is 25.4 Å². The van der Waals surface area contributed by atoms with Gasteiger partial charge in [-0.25, -0.2) is 4.98 Å². The molecule has 9 unspecified atom stereocenters. The van der Waals surface area contributed by atoms with E-state index >= 15 is 0 Å². The molecule has 1 saturated carbocycles. The van der Waals surface area contributed by atoms with Crippen molar-refractivity contribution in [1.82, 2.24) is 25.1 Å². The van der Waals surface area contributed by atoms with Crippen molar-refractivity contribution in [2.45, 2.75) is 119 Å². The number of ether oxygens (including phenoxy) is 1. The SMILES string of the molecule is Cc1nc2c(c(=O)n1CCOC1CCC(Cl)CC1C1CC(C)NC3C(C(=O)O)CSC13)CC(N(C)C1CCNCC1)CC2. The Morgan fingerprint density at radius 3 is 2.72 bits per heavy atom. The summed E-state index contributed by atoms with van der Waals surface area (Å²) in [7, 11) is 2.24. The largest absolute Gasteiger partial charge is 0.481 e. The molecule has 5 aliphatic rings. The van der Waals surface area contributed by atoms with Crippen LogP contribution < -0.4 is 16.2 Å². The zero-order valence-corrected chi connectivity index (χ0v) is 27.5. The molecule has 9 atom stereocenters. The number of fused-ring (bicyclic) bond motifs is 2. The molecule has 6 rings (SSSR count). The molecule has 3 aliphatic heterocycles. The van der Waals surface area contributed by atoms with Crippen molar-refractivity contribution in [3.8, 4) is 0 Å². The molecule has 43 heavy (non-hydrogen) atoms. The Labute approximate surface area is 265 Å². The maximum Gasteiger partial charge on any atom is 0.308 e. The Morgan fingerprint density at radius 2 is 1.95 bits per heavy atom. The smallest absolute Gasteiger partial charge is 0.308 e. The zero-order chi connectivity index (χ0) is 30.2. The zero-order valence-electron chi connectivity index (χ0n) is 26.0. The van der Waals surface area contributed by atoms with E-state index in [2.05, 4.69) is 29.5 Å². The topological polar surface area (TPSA) is 109 Å². The lowest BCUT2D eigenvalue weighted by atomic mass is 9.70. The molecular formula is C32H50ClN5O4S. The van der Waals surface area contributed by atoms with Gasteiger partial charge in [-0.05, 0) is 104 Å². The van der Waals surface area contributed by atoms with E-state index in [1.54, 1.807) is 0 Å². The minimum Gasteiger partial charge on any atom is -0.481 e. The molecule has 11 heteroatoms. The number of thioether (sulfide) groups is 1. The van der Waals surface area contributed by atoms with Crippen LogP contribution >= 0.6 is 23.4 Å². The van der Waals surface area contributed by atoms with Crippen molar-refractivity contribution < 1.29 is 14.6 Å². The Balaban J connectivity index is 1.13. The monoisotopic (exact) mass is 635 g/mol. The first kappa shape index (κ1) is 31.8. The van der Waals surface area contributed by atoms with E-state index in [1.807, 2.05) is 23.3 Å². The van der Waals surface area contributed by atoms with Gasteiger partial charge in [0.1, 0.15) is 5.82 Å². The van der Waals surface area contributed by atoms with Gasteiger partial charge in [-0.15, -0.1) is 11.6 Å². The molecule has 2 aliphatic carbocycles. The first-order chi connectivity index (χ1) is 20.7. The normalized spacial score (nSPS) is 36.8. The highest BCUT2D eigenvalue weighted by atomic mass is 35.5. The Kier molecular flexibility index (Phi) is 10.1. The van der Waals surface area contributed by atoms with Crippen LogP contribution in [-0.2, 0) is 28.9 Å². The molecule has 0 amide bonds. The number of hydrogen-bond acceptors (Lipinski definition) is 8. The lowest BCUT2D eigenvalue weighted by Crippen LogP contribution is -2.57. The van der Waals surface area contributed by atoms with Crippen LogP contribution in [-0.4, -0.2) is 98.9 Å². The van der Waals surface area contributed by atoms with E-state index in [-0.39, 0.29) is 40.3 Å². The number of aromatic nitrogens is 2. The van der Waals surface area contributed by atoms with Crippen molar-refractivity contribution in [3.63, 3.8) is 0 Å². The van der Waals surface area contributed by atoms with Crippen LogP contribution in [0.15, 0.2) is 4.79 Å². The highest BCUT2D eigenvalue weighted by Gasteiger charge is 2.51. The molecule has 4 heterocycles. The van der Waals surface area contributed by atoms with Crippen LogP contribution in [0.3, 0.4) is 0 Å². The lowest BCUT2D eigenvalue weighted by molar-refractivity contribution is -0.142. The summed E-state index contributed by atoms with van der Waals surface area (Å²) in [6, 6.07) is 1.22. The summed E-state index contributed by atoms with van der Waals surface area (Å²) < 4.78 is 8.48. The van der Waals surface area contributed by atoms with Gasteiger partial charge in [0.2, 0.25) is 0 Å². The molecule has 0 bridgehead atoms. The molecule has 0 spiro atoms. The van der Waals surface area contributed by atoms with Crippen LogP contribution in [0.25, 0.3) is 0 Å². The van der Waals surface area contributed by atoms with Crippen molar-refractivity contribution >= 4 is 29.3 Å². The Morgan fingerprint density at radius 1 is 1.16 bits per heavy atom. The molecule has 4 fully saturated rings. The number of halogens is 1. The molecule has 1 aromatic rings. The van der Waals surface area contributed by atoms with Gasteiger partial charge in [0, 0.05) is 46.1 Å². The number of rotatable bonds is 8. The van der Waals surface area contributed by atoms with Gasteiger partial charge in [0.25, 0.3) is 5.56 Å². The fourth-order valence-corrected chi connectivity index (χ4v) is 11.0. The number of nitrogens with zero attached hydrogens (tertiary/aromatic N) is 3. The fraction of sp³-hybridized carbons (Fsp3) is 0.844. The summed E-state index contributed by atoms with van der Waals surface area (Å²) in [5.41, 5.74) is 1.98. The third-order valence-electron chi connectivity index (χ3n) is 11.2. The van der Waals surface area contributed by atoms with E-state index in [1.165, 1.54) is 0 Å². The summed E-state index contributed by atoms with van der Waals surface area (Å²) in [6.07, 6.45) is 8.83. The molecule has 1 aromatic heterocycles. The number of alkyl halides is 1. The summed E-state index contributed by atoms with van der Waals surface area (Å²) in [5.74, 6) is 1.04. The Hall–Kier alpha value is -1.17. The van der Waals surface area contributed by atoms with E-state index in [0.29, 0.717) is 42.8 Å². The summed E-state index contributed by atoms with van der Waals surface area (Å²) in [5, 5.41) is 17.3. The molecule has 0 radical (unpaired) electrons. The molecule has 0 aromatic carbocycles. The predicted molar refractivity (Wildman–Crippen MR) is 171 cm³/mol. The maximum absolute atomic E-state index is 13.8. The van der Waals surface area contributed by atoms with Crippen LogP contribution in [0, 0.1) is 24.7 Å². The molecule has 9 nitrogen and oxygen atoms in total. The summed E-state index contributed by atoms with van der Waals surface area (Å²) in [4.78, 5) is 33.2. The summed E-state index contributed by atoms with van der Waals surface area (Å²) in [6.45, 7) is 7.22. The minimum atomic E-state index is -0.698. The second-order valence-corrected chi connectivity index (χ2v) is 15.6. The minimum absolute atomic E-state index is 0.00644. The van der Waals surface area contributed by atoms with Gasteiger partial charge in [-0.2, -0.15) is 11.8 Å². The second kappa shape index (κ2) is 13.7. The first-order valence-electron chi connectivity index (χ1n) is 16.6. The standard InChI is InChI=1S/C32H50ClN5O4S/c1-18-14-24(30-29(35-18)26(17-43-30)32(40)41)23-15-20(33)4-7-28(23)42-13-12-38-19(2)36-27-6-5-22(16-25(27)31(38)39)37(3)21-8-10-34-11-9-21/h18,20-24,26,28-30,34-35H,4-17H2,1-3H3,(H,40,41). The van der Waals surface area contributed by atoms with Gasteiger partial charge >= 0.3 is 5.97 Å². The lowest BCUT2D eigenvalue weighted by Gasteiger charge is -2.47. The van der Waals surface area contributed by atoms with Gasteiger partial charge in [0.15, 0.2) is 0 Å². The molecule has 240 valence electrons. The maximum atomic E-state index is 13.8. The number of carboxylic acid groups (broad SMARTS) is 1. The van der Waals surface area contributed by atoms with Crippen molar-refractivity contribution in [1.29, 1.82) is 0 Å². The van der Waals surface area contributed by atoms with Crippen LogP contribution in [0.2, 0.25) is 0 Å². The number of aliphatic carboxylic acids is 1. The van der Waals surface area contributed by atoms with E-state index < -0.39 is 5.97 Å². The van der Waals surface area contributed by atoms with E-state index in [0.717, 1.165) is 88.0 Å². The average Bonchev–Trinajstić information content (AvgIpc) is 3.43. The van der Waals surface area contributed by atoms with Gasteiger partial charge in [-0.1, -0.05) is 0 Å². The third kappa shape index (κ3) is 6.70. The van der Waals surface area contributed by atoms with E-state index in [9.17, 15) is 14.7 Å². The quantitative estimate of drug-likeness (QED) is 0.372. The van der Waals surface area contributed by atoms with E-state index in [4.69, 9.17) is 21.3 Å². The highest BCUT2D eigenvalue weighted by Crippen LogP contribution is 2.48. The van der Waals surface area contributed by atoms with Crippen molar-refractivity contribution in [3.05, 3.63) is 27.4 Å². The number of aryl methyl sites for hydroxylation is 2. The summed E-state index contributed by atoms with van der Waals surface area (Å²) >= 11 is 8.56. The molecule has 3 N–H and O–H groups in total. The second-order valence-electron chi connectivity index (χ2n) is 13.8. The predicted octanol–water partition coefficient (Wildman–Crippen LogP) is 3.07. The van der Waals surface area contributed by atoms with Crippen molar-refractivity contribution in [2.75, 3.05) is 32.5 Å². The van der Waals surface area contributed by atoms with Crippen LogP contribution in [0.5, 0.6) is 0 Å². The molecule has 3 saturated heterocycles. The number of hydrogen-bond donors (Lipinski definition) is 3. The fourth-order valence-electron chi connectivity index (χ4n) is 8.84. The first-order valence-corrected chi connectivity index (χ1v) is 18.1. The number of likely N-dealkylation sites (N-methyl/N-ethyl adjacent to an activating group) is 1. The highest BCUT2D eigenvalue weighted by molar-refractivity contribution is 8.00. The number of piperidine rings is 2. The van der Waals surface area contributed by atoms with Crippen LogP contribution in [0.1, 0.15) is 69.0 Å². The molecular weight excluding hydrogens is 586 g/mol. The van der Waals surface area contributed by atoms with Crippen LogP contribution in [0.4, 0.5) is 0 Å². The van der Waals surface area contributed by atoms with Crippen molar-refractivity contribution in [2.24, 2.45) is 17.8 Å². The van der Waals surface area contributed by atoms with Gasteiger partial charge in [0.05, 0.1) is 30.9 Å². The Bertz CT molecular complexity index is 1210. The number of carboxylic acids is 1. The third-order valence-corrected chi connectivity index (χ3v) is 13.2. The van der Waals surface area contributed by atoms with Gasteiger partial charge in [-0.3, -0.25) is 14.2 Å². The average molecular weight is 636 g/mol. The number of nitrogens with one attached hydrogen (secondary N) is 2.